The van der Waals surface area contributed by atoms with E-state index in [0.29, 0.717) is 25.9 Å². The maximum atomic E-state index is 12.9. The van der Waals surface area contributed by atoms with E-state index in [2.05, 4.69) is 10.6 Å². The fraction of sp³-hybridized carbons (Fsp3) is 0.364. The molecular formula is C22H25N3O3. The molecule has 4 rings (SSSR count). The van der Waals surface area contributed by atoms with Crippen molar-refractivity contribution in [3.05, 3.63) is 65.7 Å². The molecule has 0 saturated carbocycles. The van der Waals surface area contributed by atoms with Gasteiger partial charge in [0.2, 0.25) is 11.8 Å². The fourth-order valence-electron chi connectivity index (χ4n) is 4.04. The molecule has 0 aliphatic carbocycles. The molecule has 2 aromatic carbocycles. The minimum atomic E-state index is -0.483. The Hall–Kier alpha value is -2.86. The lowest BCUT2D eigenvalue weighted by molar-refractivity contribution is -0.147. The van der Waals surface area contributed by atoms with Crippen LogP contribution in [0.5, 0.6) is 5.75 Å². The maximum Gasteiger partial charge on any atom is 0.246 e. The van der Waals surface area contributed by atoms with Gasteiger partial charge in [0.25, 0.3) is 0 Å². The van der Waals surface area contributed by atoms with Gasteiger partial charge in [-0.2, -0.15) is 0 Å². The summed E-state index contributed by atoms with van der Waals surface area (Å²) < 4.78 is 5.26. The lowest BCUT2D eigenvalue weighted by Crippen LogP contribution is -2.61. The van der Waals surface area contributed by atoms with E-state index in [0.717, 1.165) is 16.9 Å². The minimum Gasteiger partial charge on any atom is -0.497 e. The third kappa shape index (κ3) is 3.87. The Balaban J connectivity index is 1.38. The van der Waals surface area contributed by atoms with Crippen LogP contribution in [-0.4, -0.2) is 48.5 Å². The number of fused-ring (bicyclic) bond motifs is 1. The quantitative estimate of drug-likeness (QED) is 0.798. The average molecular weight is 379 g/mol. The largest absolute Gasteiger partial charge is 0.497 e. The molecule has 2 N–H and O–H groups in total. The number of nitrogens with one attached hydrogen (secondary N) is 2. The molecule has 0 unspecified atom stereocenters. The Bertz CT molecular complexity index is 855. The van der Waals surface area contributed by atoms with Crippen molar-refractivity contribution in [2.24, 2.45) is 0 Å². The molecule has 6 heteroatoms. The topological polar surface area (TPSA) is 70.7 Å². The summed E-state index contributed by atoms with van der Waals surface area (Å²) in [5.41, 5.74) is 2.16. The summed E-state index contributed by atoms with van der Waals surface area (Å²) in [6, 6.07) is 16.9. The number of ether oxygens (including phenoxy) is 1. The number of piperazine rings is 1. The molecule has 28 heavy (non-hydrogen) atoms. The van der Waals surface area contributed by atoms with Crippen molar-refractivity contribution in [1.82, 2.24) is 15.5 Å². The molecule has 2 aliphatic heterocycles. The number of methoxy groups -OCH3 is 1. The van der Waals surface area contributed by atoms with Gasteiger partial charge < -0.3 is 20.3 Å². The summed E-state index contributed by atoms with van der Waals surface area (Å²) in [6.45, 7) is 1.23. The van der Waals surface area contributed by atoms with Crippen LogP contribution in [0.1, 0.15) is 17.5 Å². The van der Waals surface area contributed by atoms with E-state index < -0.39 is 6.04 Å². The predicted molar refractivity (Wildman–Crippen MR) is 106 cm³/mol. The SMILES string of the molecule is COc1cccc(CN[C@H]2C[C@H]3C(=O)N[C@H](Cc4ccccc4)C(=O)N3C2)c1. The summed E-state index contributed by atoms with van der Waals surface area (Å²) in [4.78, 5) is 27.2. The van der Waals surface area contributed by atoms with Crippen LogP contribution >= 0.6 is 0 Å². The second-order valence-corrected chi connectivity index (χ2v) is 7.42. The van der Waals surface area contributed by atoms with E-state index in [1.54, 1.807) is 12.0 Å². The molecule has 3 atom stereocenters. The highest BCUT2D eigenvalue weighted by atomic mass is 16.5. The number of nitrogens with zero attached hydrogens (tertiary/aromatic N) is 1. The number of hydrogen-bond donors (Lipinski definition) is 2. The van der Waals surface area contributed by atoms with E-state index in [4.69, 9.17) is 4.74 Å². The molecular weight excluding hydrogens is 354 g/mol. The number of amides is 2. The summed E-state index contributed by atoms with van der Waals surface area (Å²) >= 11 is 0. The van der Waals surface area contributed by atoms with Gasteiger partial charge in [0.1, 0.15) is 17.8 Å². The highest BCUT2D eigenvalue weighted by molar-refractivity contribution is 5.97. The lowest BCUT2D eigenvalue weighted by Gasteiger charge is -2.34. The number of rotatable bonds is 6. The Kier molecular flexibility index (Phi) is 5.30. The van der Waals surface area contributed by atoms with Crippen molar-refractivity contribution < 1.29 is 14.3 Å². The van der Waals surface area contributed by atoms with Crippen LogP contribution in [0.25, 0.3) is 0 Å². The minimum absolute atomic E-state index is 0.0131. The molecule has 2 heterocycles. The molecule has 6 nitrogen and oxygen atoms in total. The second-order valence-electron chi connectivity index (χ2n) is 7.42. The van der Waals surface area contributed by atoms with Gasteiger partial charge >= 0.3 is 0 Å². The Morgan fingerprint density at radius 1 is 1.11 bits per heavy atom. The van der Waals surface area contributed by atoms with Crippen molar-refractivity contribution in [2.45, 2.75) is 37.5 Å². The zero-order valence-corrected chi connectivity index (χ0v) is 15.9. The molecule has 0 bridgehead atoms. The number of carbonyl (C=O) groups is 2. The molecule has 0 spiro atoms. The van der Waals surface area contributed by atoms with Gasteiger partial charge in [-0.05, 0) is 29.7 Å². The highest BCUT2D eigenvalue weighted by Gasteiger charge is 2.46. The van der Waals surface area contributed by atoms with Crippen LogP contribution in [0.15, 0.2) is 54.6 Å². The van der Waals surface area contributed by atoms with Crippen molar-refractivity contribution in [3.63, 3.8) is 0 Å². The van der Waals surface area contributed by atoms with Crippen LogP contribution in [0.3, 0.4) is 0 Å². The third-order valence-electron chi connectivity index (χ3n) is 5.51. The van der Waals surface area contributed by atoms with Gasteiger partial charge in [0.05, 0.1) is 7.11 Å². The normalized spacial score (nSPS) is 24.0. The number of hydrogen-bond acceptors (Lipinski definition) is 4. The van der Waals surface area contributed by atoms with E-state index >= 15 is 0 Å². The van der Waals surface area contributed by atoms with Crippen molar-refractivity contribution in [2.75, 3.05) is 13.7 Å². The Labute approximate surface area is 164 Å². The summed E-state index contributed by atoms with van der Waals surface area (Å²) in [5.74, 6) is 0.784. The Morgan fingerprint density at radius 3 is 2.68 bits per heavy atom. The van der Waals surface area contributed by atoms with Crippen LogP contribution in [0, 0.1) is 0 Å². The van der Waals surface area contributed by atoms with Gasteiger partial charge in [-0.15, -0.1) is 0 Å². The summed E-state index contributed by atoms with van der Waals surface area (Å²) in [5, 5.41) is 6.40. The smallest absolute Gasteiger partial charge is 0.246 e. The van der Waals surface area contributed by atoms with Crippen molar-refractivity contribution >= 4 is 11.8 Å². The summed E-state index contributed by atoms with van der Waals surface area (Å²) in [6.07, 6.45) is 1.16. The zero-order valence-electron chi connectivity index (χ0n) is 15.9. The fourth-order valence-corrected chi connectivity index (χ4v) is 4.04. The maximum absolute atomic E-state index is 12.9. The first-order valence-electron chi connectivity index (χ1n) is 9.65. The average Bonchev–Trinajstić information content (AvgIpc) is 3.16. The lowest BCUT2D eigenvalue weighted by atomic mass is 10.0. The highest BCUT2D eigenvalue weighted by Crippen LogP contribution is 2.24. The van der Waals surface area contributed by atoms with E-state index in [9.17, 15) is 9.59 Å². The van der Waals surface area contributed by atoms with Gasteiger partial charge in [0.15, 0.2) is 0 Å². The first-order chi connectivity index (χ1) is 13.6. The van der Waals surface area contributed by atoms with Gasteiger partial charge in [-0.25, -0.2) is 0 Å². The standard InChI is InChI=1S/C22H25N3O3/c1-28-18-9-5-8-16(10-18)13-23-17-12-20-21(26)24-19(22(27)25(20)14-17)11-15-6-3-2-4-7-15/h2-10,17,19-20,23H,11-14H2,1H3,(H,24,26)/t17-,19+,20-/m0/s1. The van der Waals surface area contributed by atoms with Crippen LogP contribution in [0.2, 0.25) is 0 Å². The van der Waals surface area contributed by atoms with E-state index in [-0.39, 0.29) is 23.9 Å². The first kappa shape index (κ1) is 18.5. The third-order valence-corrected chi connectivity index (χ3v) is 5.51. The predicted octanol–water partition coefficient (Wildman–Crippen LogP) is 1.50. The molecule has 2 amide bonds. The molecule has 2 aromatic rings. The van der Waals surface area contributed by atoms with Crippen LogP contribution in [0.4, 0.5) is 0 Å². The zero-order chi connectivity index (χ0) is 19.5. The van der Waals surface area contributed by atoms with E-state index in [1.165, 1.54) is 0 Å². The summed E-state index contributed by atoms with van der Waals surface area (Å²) in [7, 11) is 1.65. The number of carbonyl (C=O) groups excluding carboxylic acids is 2. The molecule has 2 fully saturated rings. The van der Waals surface area contributed by atoms with Crippen LogP contribution < -0.4 is 15.4 Å². The number of benzene rings is 2. The molecule has 2 aliphatic rings. The first-order valence-corrected chi connectivity index (χ1v) is 9.65. The second kappa shape index (κ2) is 8.02. The monoisotopic (exact) mass is 379 g/mol. The molecule has 0 aromatic heterocycles. The molecule has 146 valence electrons. The van der Waals surface area contributed by atoms with Crippen molar-refractivity contribution in [3.8, 4) is 5.75 Å². The van der Waals surface area contributed by atoms with Crippen LogP contribution in [-0.2, 0) is 22.6 Å². The van der Waals surface area contributed by atoms with E-state index in [1.807, 2.05) is 54.6 Å². The van der Waals surface area contributed by atoms with Gasteiger partial charge in [0, 0.05) is 25.6 Å². The Morgan fingerprint density at radius 2 is 1.89 bits per heavy atom. The molecule has 0 radical (unpaired) electrons. The van der Waals surface area contributed by atoms with Gasteiger partial charge in [-0.1, -0.05) is 42.5 Å². The molecule has 2 saturated heterocycles. The van der Waals surface area contributed by atoms with Crippen molar-refractivity contribution in [1.29, 1.82) is 0 Å². The van der Waals surface area contributed by atoms with Gasteiger partial charge in [-0.3, -0.25) is 9.59 Å².